The molecule has 1 aliphatic heterocycles. The largest absolute Gasteiger partial charge is 0.493 e. The molecule has 2 heterocycles. The molecule has 0 aliphatic carbocycles. The molecule has 31 heavy (non-hydrogen) atoms. The summed E-state index contributed by atoms with van der Waals surface area (Å²) in [5, 5.41) is 3.28. The van der Waals surface area contributed by atoms with Gasteiger partial charge in [-0.15, -0.1) is 0 Å². The van der Waals surface area contributed by atoms with Crippen LogP contribution >= 0.6 is 0 Å². The summed E-state index contributed by atoms with van der Waals surface area (Å²) in [6.45, 7) is 3.59. The molecule has 2 aromatic carbocycles. The number of anilines is 2. The van der Waals surface area contributed by atoms with Crippen LogP contribution in [-0.4, -0.2) is 50.4 Å². The average Bonchev–Trinajstić information content (AvgIpc) is 3.19. The Hall–Kier alpha value is -3.75. The number of rotatable bonds is 6. The Morgan fingerprint density at radius 3 is 2.68 bits per heavy atom. The molecule has 0 unspecified atom stereocenters. The van der Waals surface area contributed by atoms with Gasteiger partial charge in [-0.3, -0.25) is 14.7 Å². The van der Waals surface area contributed by atoms with Gasteiger partial charge in [0.25, 0.3) is 5.56 Å². The Morgan fingerprint density at radius 1 is 1.19 bits per heavy atom. The summed E-state index contributed by atoms with van der Waals surface area (Å²) in [4.78, 5) is 35.9. The van der Waals surface area contributed by atoms with Gasteiger partial charge in [-0.1, -0.05) is 12.1 Å². The first kappa shape index (κ1) is 20.5. The lowest BCUT2D eigenvalue weighted by Gasteiger charge is -2.20. The van der Waals surface area contributed by atoms with Gasteiger partial charge in [-0.2, -0.15) is 0 Å². The summed E-state index contributed by atoms with van der Waals surface area (Å²) in [7, 11) is 4.95. The number of amides is 2. The first-order valence-corrected chi connectivity index (χ1v) is 9.94. The Bertz CT molecular complexity index is 1210. The number of H-pyrrole nitrogens is 1. The van der Waals surface area contributed by atoms with Crippen molar-refractivity contribution < 1.29 is 14.3 Å². The number of aromatic amines is 1. The van der Waals surface area contributed by atoms with E-state index in [9.17, 15) is 9.59 Å². The van der Waals surface area contributed by atoms with Gasteiger partial charge >= 0.3 is 6.03 Å². The molecule has 0 bridgehead atoms. The van der Waals surface area contributed by atoms with Crippen LogP contribution in [0.1, 0.15) is 11.1 Å². The zero-order chi connectivity index (χ0) is 22.1. The van der Waals surface area contributed by atoms with Gasteiger partial charge < -0.3 is 19.7 Å². The summed E-state index contributed by atoms with van der Waals surface area (Å²) >= 11 is 0. The van der Waals surface area contributed by atoms with E-state index in [0.29, 0.717) is 53.5 Å². The fourth-order valence-corrected chi connectivity index (χ4v) is 3.91. The third-order valence-corrected chi connectivity index (χ3v) is 5.43. The number of methoxy groups -OCH3 is 2. The van der Waals surface area contributed by atoms with Crippen molar-refractivity contribution in [3.8, 4) is 11.5 Å². The topological polar surface area (TPSA) is 99.8 Å². The van der Waals surface area contributed by atoms with Gasteiger partial charge in [-0.25, -0.2) is 9.78 Å². The summed E-state index contributed by atoms with van der Waals surface area (Å²) in [5.41, 5.74) is 2.80. The van der Waals surface area contributed by atoms with Crippen LogP contribution in [0.25, 0.3) is 10.9 Å². The number of hydrogen-bond donors (Lipinski definition) is 2. The molecule has 1 aliphatic rings. The fraction of sp³-hybridized carbons (Fsp3) is 0.318. The number of nitrogens with zero attached hydrogens (tertiary/aromatic N) is 3. The number of aromatic nitrogens is 2. The molecular formula is C22H25N5O4. The van der Waals surface area contributed by atoms with E-state index in [1.54, 1.807) is 25.2 Å². The second-order valence-corrected chi connectivity index (χ2v) is 7.43. The highest BCUT2D eigenvalue weighted by atomic mass is 16.5. The Kier molecular flexibility index (Phi) is 5.41. The first-order valence-electron chi connectivity index (χ1n) is 9.94. The molecule has 9 nitrogen and oxygen atoms in total. The van der Waals surface area contributed by atoms with Crippen molar-refractivity contribution in [3.63, 3.8) is 0 Å². The maximum absolute atomic E-state index is 12.8. The third-order valence-electron chi connectivity index (χ3n) is 5.43. The molecule has 0 radical (unpaired) electrons. The van der Waals surface area contributed by atoms with Crippen molar-refractivity contribution in [1.82, 2.24) is 15.3 Å². The third kappa shape index (κ3) is 3.74. The van der Waals surface area contributed by atoms with Crippen LogP contribution in [0, 0.1) is 6.92 Å². The Morgan fingerprint density at radius 2 is 2.00 bits per heavy atom. The van der Waals surface area contributed by atoms with Crippen LogP contribution in [0.3, 0.4) is 0 Å². The maximum atomic E-state index is 12.8. The summed E-state index contributed by atoms with van der Waals surface area (Å²) in [6.07, 6.45) is 0. The Labute approximate surface area is 179 Å². The zero-order valence-corrected chi connectivity index (χ0v) is 18.0. The van der Waals surface area contributed by atoms with E-state index < -0.39 is 0 Å². The molecule has 3 aromatic rings. The Balaban J connectivity index is 1.66. The lowest BCUT2D eigenvalue weighted by molar-refractivity contribution is 0.252. The van der Waals surface area contributed by atoms with E-state index >= 15 is 0 Å². The lowest BCUT2D eigenvalue weighted by atomic mass is 10.1. The van der Waals surface area contributed by atoms with Gasteiger partial charge in [0.05, 0.1) is 25.1 Å². The quantitative estimate of drug-likeness (QED) is 0.632. The van der Waals surface area contributed by atoms with Gasteiger partial charge in [0.15, 0.2) is 11.5 Å². The van der Waals surface area contributed by atoms with Gasteiger partial charge in [0.2, 0.25) is 5.95 Å². The number of carbonyl (C=O) groups excluding carboxylic acids is 1. The predicted molar refractivity (Wildman–Crippen MR) is 119 cm³/mol. The molecule has 9 heteroatoms. The molecule has 2 N–H and O–H groups in total. The van der Waals surface area contributed by atoms with Crippen LogP contribution in [-0.2, 0) is 6.54 Å². The molecule has 1 aromatic heterocycles. The fourth-order valence-electron chi connectivity index (χ4n) is 3.91. The predicted octanol–water partition coefficient (Wildman–Crippen LogP) is 2.41. The highest BCUT2D eigenvalue weighted by molar-refractivity contribution is 5.94. The molecule has 0 spiro atoms. The van der Waals surface area contributed by atoms with Crippen LogP contribution in [0.15, 0.2) is 35.1 Å². The minimum atomic E-state index is -0.243. The smallest absolute Gasteiger partial charge is 0.321 e. The van der Waals surface area contributed by atoms with Crippen molar-refractivity contribution in [2.45, 2.75) is 13.5 Å². The number of ether oxygens (including phenoxy) is 2. The number of aryl methyl sites for hydroxylation is 1. The van der Waals surface area contributed by atoms with E-state index in [4.69, 9.17) is 9.47 Å². The molecule has 1 fully saturated rings. The molecular weight excluding hydrogens is 398 g/mol. The van der Waals surface area contributed by atoms with E-state index in [0.717, 1.165) is 11.3 Å². The summed E-state index contributed by atoms with van der Waals surface area (Å²) in [6, 6.07) is 9.39. The molecule has 1 saturated heterocycles. The monoisotopic (exact) mass is 423 g/mol. The second-order valence-electron chi connectivity index (χ2n) is 7.43. The summed E-state index contributed by atoms with van der Waals surface area (Å²) < 4.78 is 10.8. The highest BCUT2D eigenvalue weighted by Gasteiger charge is 2.21. The molecule has 162 valence electrons. The van der Waals surface area contributed by atoms with Crippen LogP contribution < -0.4 is 30.1 Å². The molecule has 0 atom stereocenters. The van der Waals surface area contributed by atoms with Crippen LogP contribution in [0.5, 0.6) is 11.5 Å². The van der Waals surface area contributed by atoms with Crippen LogP contribution in [0.2, 0.25) is 0 Å². The SMILES string of the molecule is COc1cc2nc(N(C)Cc3cccc(N4CCNC4=O)c3)[nH]c(=O)c2c(C)c1OC. The average molecular weight is 423 g/mol. The molecule has 4 rings (SSSR count). The zero-order valence-electron chi connectivity index (χ0n) is 18.0. The van der Waals surface area contributed by atoms with E-state index in [2.05, 4.69) is 15.3 Å². The first-order chi connectivity index (χ1) is 14.9. The van der Waals surface area contributed by atoms with E-state index in [1.165, 1.54) is 0 Å². The molecule has 0 saturated carbocycles. The van der Waals surface area contributed by atoms with E-state index in [-0.39, 0.29) is 11.6 Å². The number of fused-ring (bicyclic) bond motifs is 1. The van der Waals surface area contributed by atoms with Crippen molar-refractivity contribution in [2.24, 2.45) is 0 Å². The van der Waals surface area contributed by atoms with Gasteiger partial charge in [0.1, 0.15) is 0 Å². The number of benzene rings is 2. The van der Waals surface area contributed by atoms with E-state index in [1.807, 2.05) is 43.1 Å². The van der Waals surface area contributed by atoms with Crippen molar-refractivity contribution in [1.29, 1.82) is 0 Å². The second kappa shape index (κ2) is 8.17. The number of carbonyl (C=O) groups is 1. The minimum absolute atomic E-state index is 0.0919. The van der Waals surface area contributed by atoms with Crippen molar-refractivity contribution >= 4 is 28.6 Å². The molecule has 2 amide bonds. The maximum Gasteiger partial charge on any atom is 0.321 e. The van der Waals surface area contributed by atoms with Crippen molar-refractivity contribution in [2.75, 3.05) is 44.2 Å². The lowest BCUT2D eigenvalue weighted by Crippen LogP contribution is -2.28. The number of nitrogens with one attached hydrogen (secondary N) is 2. The standard InChI is InChI=1S/C22H25N5O4/c1-13-18-16(11-17(30-3)19(13)31-4)24-21(25-20(18)28)26(2)12-14-6-5-7-15(10-14)27-9-8-23-22(27)29/h5-7,10-11H,8-9,12H2,1-4H3,(H,23,29)(H,24,25,28). The number of hydrogen-bond acceptors (Lipinski definition) is 6. The van der Waals surface area contributed by atoms with Gasteiger partial charge in [0, 0.05) is 44.0 Å². The normalized spacial score (nSPS) is 13.4. The summed E-state index contributed by atoms with van der Waals surface area (Å²) in [5.74, 6) is 1.48. The number of urea groups is 1. The van der Waals surface area contributed by atoms with Gasteiger partial charge in [-0.05, 0) is 24.6 Å². The highest BCUT2D eigenvalue weighted by Crippen LogP contribution is 2.35. The van der Waals surface area contributed by atoms with Crippen molar-refractivity contribution in [3.05, 3.63) is 51.8 Å². The van der Waals surface area contributed by atoms with Crippen LogP contribution in [0.4, 0.5) is 16.4 Å². The minimum Gasteiger partial charge on any atom is -0.493 e.